The SMILES string of the molecule is Oc1ccc(F)c(Oc2c(F)c(F)c(C(F)(F)F)c(F)c2F)c1O. The summed E-state index contributed by atoms with van der Waals surface area (Å²) in [5, 5.41) is 18.4. The van der Waals surface area contributed by atoms with Gasteiger partial charge in [0.15, 0.2) is 23.2 Å². The molecule has 0 spiro atoms. The van der Waals surface area contributed by atoms with Gasteiger partial charge in [-0.3, -0.25) is 0 Å². The zero-order valence-electron chi connectivity index (χ0n) is 11.0. The Hall–Kier alpha value is -2.72. The highest BCUT2D eigenvalue weighted by Crippen LogP contribution is 2.44. The summed E-state index contributed by atoms with van der Waals surface area (Å²) in [5.41, 5.74) is -2.84. The van der Waals surface area contributed by atoms with E-state index in [1.807, 2.05) is 0 Å². The van der Waals surface area contributed by atoms with Gasteiger partial charge in [0.05, 0.1) is 0 Å². The van der Waals surface area contributed by atoms with Gasteiger partial charge in [-0.25, -0.2) is 13.2 Å². The first-order chi connectivity index (χ1) is 11.0. The Kier molecular flexibility index (Phi) is 4.21. The lowest BCUT2D eigenvalue weighted by atomic mass is 10.1. The number of hydrogen-bond donors (Lipinski definition) is 2. The predicted molar refractivity (Wildman–Crippen MR) is 61.1 cm³/mol. The maximum Gasteiger partial charge on any atom is 0.422 e. The van der Waals surface area contributed by atoms with Gasteiger partial charge in [-0.05, 0) is 12.1 Å². The van der Waals surface area contributed by atoms with E-state index in [0.29, 0.717) is 12.1 Å². The lowest BCUT2D eigenvalue weighted by Gasteiger charge is -2.15. The van der Waals surface area contributed by atoms with E-state index in [9.17, 15) is 40.2 Å². The van der Waals surface area contributed by atoms with Gasteiger partial charge in [-0.15, -0.1) is 0 Å². The van der Waals surface area contributed by atoms with Gasteiger partial charge < -0.3 is 14.9 Å². The second-order valence-electron chi connectivity index (χ2n) is 4.30. The number of halogens is 8. The molecule has 0 atom stereocenters. The van der Waals surface area contributed by atoms with Crippen LogP contribution in [0, 0.1) is 29.1 Å². The van der Waals surface area contributed by atoms with Crippen molar-refractivity contribution in [3.05, 3.63) is 46.8 Å². The maximum absolute atomic E-state index is 13.6. The van der Waals surface area contributed by atoms with Crippen LogP contribution in [0.1, 0.15) is 5.56 Å². The zero-order valence-corrected chi connectivity index (χ0v) is 11.0. The van der Waals surface area contributed by atoms with E-state index in [1.165, 1.54) is 0 Å². The number of hydrogen-bond acceptors (Lipinski definition) is 3. The minimum Gasteiger partial charge on any atom is -0.504 e. The summed E-state index contributed by atoms with van der Waals surface area (Å²) in [6.07, 6.45) is -5.76. The van der Waals surface area contributed by atoms with E-state index in [0.717, 1.165) is 0 Å². The van der Waals surface area contributed by atoms with E-state index in [-0.39, 0.29) is 0 Å². The molecule has 0 radical (unpaired) electrons. The van der Waals surface area contributed by atoms with Crippen LogP contribution in [0.2, 0.25) is 0 Å². The fraction of sp³-hybridized carbons (Fsp3) is 0.0769. The molecular weight excluding hydrogens is 356 g/mol. The van der Waals surface area contributed by atoms with E-state index in [1.54, 1.807) is 0 Å². The number of rotatable bonds is 2. The van der Waals surface area contributed by atoms with E-state index in [2.05, 4.69) is 4.74 Å². The molecule has 0 saturated heterocycles. The summed E-state index contributed by atoms with van der Waals surface area (Å²) >= 11 is 0. The molecule has 0 amide bonds. The van der Waals surface area contributed by atoms with Crippen molar-refractivity contribution in [3.63, 3.8) is 0 Å². The number of aromatic hydroxyl groups is 2. The highest BCUT2D eigenvalue weighted by Gasteiger charge is 2.43. The van der Waals surface area contributed by atoms with Crippen LogP contribution in [-0.4, -0.2) is 10.2 Å². The monoisotopic (exact) mass is 360 g/mol. The molecule has 0 aromatic heterocycles. The molecule has 0 aliphatic rings. The molecule has 0 aliphatic heterocycles. The van der Waals surface area contributed by atoms with Crippen molar-refractivity contribution < 1.29 is 50.1 Å². The molecule has 0 saturated carbocycles. The van der Waals surface area contributed by atoms with Crippen LogP contribution in [0.5, 0.6) is 23.0 Å². The van der Waals surface area contributed by atoms with Crippen molar-refractivity contribution in [2.75, 3.05) is 0 Å². The zero-order chi connectivity index (χ0) is 18.4. The summed E-state index contributed by atoms with van der Waals surface area (Å²) in [6.45, 7) is 0. The smallest absolute Gasteiger partial charge is 0.422 e. The summed E-state index contributed by atoms with van der Waals surface area (Å²) in [6, 6.07) is 1.06. The van der Waals surface area contributed by atoms with Crippen LogP contribution in [-0.2, 0) is 6.18 Å². The quantitative estimate of drug-likeness (QED) is 0.467. The van der Waals surface area contributed by atoms with E-state index < -0.39 is 63.8 Å². The molecular formula is C13H4F8O3. The minimum absolute atomic E-state index is 0.455. The van der Waals surface area contributed by atoms with Gasteiger partial charge in [-0.2, -0.15) is 22.0 Å². The molecule has 0 fully saturated rings. The van der Waals surface area contributed by atoms with Gasteiger partial charge in [0, 0.05) is 0 Å². The Balaban J connectivity index is 2.69. The average Bonchev–Trinajstić information content (AvgIpc) is 2.47. The van der Waals surface area contributed by atoms with Gasteiger partial charge >= 0.3 is 6.18 Å². The molecule has 2 N–H and O–H groups in total. The molecule has 3 nitrogen and oxygen atoms in total. The van der Waals surface area contributed by atoms with Crippen molar-refractivity contribution in [2.45, 2.75) is 6.18 Å². The Morgan fingerprint density at radius 2 is 1.25 bits per heavy atom. The third-order valence-electron chi connectivity index (χ3n) is 2.77. The van der Waals surface area contributed by atoms with Crippen molar-refractivity contribution in [1.29, 1.82) is 0 Å². The Bertz CT molecular complexity index is 787. The maximum atomic E-state index is 13.6. The van der Waals surface area contributed by atoms with Crippen LogP contribution in [0.4, 0.5) is 35.1 Å². The first-order valence-corrected chi connectivity index (χ1v) is 5.78. The van der Waals surface area contributed by atoms with E-state index >= 15 is 0 Å². The highest BCUT2D eigenvalue weighted by atomic mass is 19.4. The van der Waals surface area contributed by atoms with Crippen LogP contribution in [0.25, 0.3) is 0 Å². The molecule has 130 valence electrons. The Labute approximate surface area is 127 Å². The minimum atomic E-state index is -5.76. The molecule has 2 aromatic carbocycles. The molecule has 0 unspecified atom stereocenters. The predicted octanol–water partition coefficient (Wildman–Crippen LogP) is 4.60. The second-order valence-corrected chi connectivity index (χ2v) is 4.30. The van der Waals surface area contributed by atoms with E-state index in [4.69, 9.17) is 5.11 Å². The number of alkyl halides is 3. The molecule has 11 heteroatoms. The van der Waals surface area contributed by atoms with Gasteiger partial charge in [-0.1, -0.05) is 0 Å². The van der Waals surface area contributed by atoms with Gasteiger partial charge in [0.25, 0.3) is 0 Å². The second kappa shape index (κ2) is 5.73. The highest BCUT2D eigenvalue weighted by molar-refractivity contribution is 5.52. The van der Waals surface area contributed by atoms with Gasteiger partial charge in [0.1, 0.15) is 5.56 Å². The topological polar surface area (TPSA) is 49.7 Å². The standard InChI is InChI=1S/C13H4F8O3/c14-3-1-2-4(22)10(23)11(3)24-12-8(17)6(15)5(13(19,20)21)7(16)9(12)18/h1-2,22-23H. The van der Waals surface area contributed by atoms with Crippen LogP contribution < -0.4 is 4.74 Å². The fourth-order valence-electron chi connectivity index (χ4n) is 1.69. The normalized spacial score (nSPS) is 11.7. The molecule has 24 heavy (non-hydrogen) atoms. The first-order valence-electron chi connectivity index (χ1n) is 5.78. The fourth-order valence-corrected chi connectivity index (χ4v) is 1.69. The van der Waals surface area contributed by atoms with Crippen LogP contribution >= 0.6 is 0 Å². The average molecular weight is 360 g/mol. The largest absolute Gasteiger partial charge is 0.504 e. The number of phenols is 2. The van der Waals surface area contributed by atoms with Crippen LogP contribution in [0.3, 0.4) is 0 Å². The molecule has 2 rings (SSSR count). The third kappa shape index (κ3) is 2.76. The lowest BCUT2D eigenvalue weighted by molar-refractivity contribution is -0.143. The van der Waals surface area contributed by atoms with Crippen LogP contribution in [0.15, 0.2) is 12.1 Å². The van der Waals surface area contributed by atoms with Crippen molar-refractivity contribution in [3.8, 4) is 23.0 Å². The number of ether oxygens (including phenoxy) is 1. The summed E-state index contributed by atoms with van der Waals surface area (Å²) < 4.78 is 109. The summed E-state index contributed by atoms with van der Waals surface area (Å²) in [5.74, 6) is -18.3. The third-order valence-corrected chi connectivity index (χ3v) is 2.77. The lowest BCUT2D eigenvalue weighted by Crippen LogP contribution is -2.15. The van der Waals surface area contributed by atoms with Crippen molar-refractivity contribution >= 4 is 0 Å². The van der Waals surface area contributed by atoms with Crippen molar-refractivity contribution in [2.24, 2.45) is 0 Å². The Morgan fingerprint density at radius 3 is 1.71 bits per heavy atom. The first kappa shape index (κ1) is 17.6. The van der Waals surface area contributed by atoms with Gasteiger partial charge in [0.2, 0.25) is 28.9 Å². The molecule has 0 aliphatic carbocycles. The molecule has 2 aromatic rings. The number of benzene rings is 2. The van der Waals surface area contributed by atoms with Crippen molar-refractivity contribution in [1.82, 2.24) is 0 Å². The molecule has 0 bridgehead atoms. The summed E-state index contributed by atoms with van der Waals surface area (Å²) in [7, 11) is 0. The molecule has 0 heterocycles. The Morgan fingerprint density at radius 1 is 0.750 bits per heavy atom. The summed E-state index contributed by atoms with van der Waals surface area (Å²) in [4.78, 5) is 0. The number of phenolic OH excluding ortho intramolecular Hbond substituents is 2.